The van der Waals surface area contributed by atoms with Gasteiger partial charge in [0.25, 0.3) is 0 Å². The molecule has 0 spiro atoms. The fourth-order valence-electron chi connectivity index (χ4n) is 1.61. The van der Waals surface area contributed by atoms with Crippen molar-refractivity contribution in [2.75, 3.05) is 37.9 Å². The second kappa shape index (κ2) is 6.78. The van der Waals surface area contributed by atoms with Crippen LogP contribution in [0.15, 0.2) is 24.3 Å². The maximum atomic E-state index is 11.1. The zero-order valence-electron chi connectivity index (χ0n) is 10.8. The lowest BCUT2D eigenvalue weighted by atomic mass is 10.2. The highest BCUT2D eigenvalue weighted by atomic mass is 16.1. The zero-order valence-corrected chi connectivity index (χ0v) is 10.8. The van der Waals surface area contributed by atoms with Gasteiger partial charge in [-0.25, -0.2) is 0 Å². The van der Waals surface area contributed by atoms with Crippen molar-refractivity contribution in [1.29, 1.82) is 0 Å². The second-order valence-electron chi connectivity index (χ2n) is 4.12. The SMILES string of the molecule is CNC(=O)CCCNc1ccccc1N(C)C. The molecule has 17 heavy (non-hydrogen) atoms. The summed E-state index contributed by atoms with van der Waals surface area (Å²) in [5.41, 5.74) is 2.27. The molecule has 0 aromatic heterocycles. The molecular formula is C13H21N3O. The number of hydrogen-bond donors (Lipinski definition) is 2. The highest BCUT2D eigenvalue weighted by molar-refractivity contribution is 5.75. The van der Waals surface area contributed by atoms with Crippen LogP contribution < -0.4 is 15.5 Å². The summed E-state index contributed by atoms with van der Waals surface area (Å²) in [6.07, 6.45) is 1.40. The van der Waals surface area contributed by atoms with E-state index in [1.807, 2.05) is 26.2 Å². The van der Waals surface area contributed by atoms with E-state index in [1.54, 1.807) is 7.05 Å². The Kier molecular flexibility index (Phi) is 5.33. The van der Waals surface area contributed by atoms with Crippen LogP contribution in [-0.4, -0.2) is 33.6 Å². The average Bonchev–Trinajstić information content (AvgIpc) is 2.34. The Hall–Kier alpha value is -1.71. The second-order valence-corrected chi connectivity index (χ2v) is 4.12. The van der Waals surface area contributed by atoms with E-state index >= 15 is 0 Å². The van der Waals surface area contributed by atoms with Crippen LogP contribution in [0.2, 0.25) is 0 Å². The van der Waals surface area contributed by atoms with Crippen LogP contribution in [-0.2, 0) is 4.79 Å². The molecule has 0 saturated carbocycles. The number of rotatable bonds is 6. The summed E-state index contributed by atoms with van der Waals surface area (Å²) in [7, 11) is 5.70. The third-order valence-corrected chi connectivity index (χ3v) is 2.56. The molecule has 1 rings (SSSR count). The van der Waals surface area contributed by atoms with Crippen molar-refractivity contribution in [3.63, 3.8) is 0 Å². The van der Waals surface area contributed by atoms with Crippen LogP contribution in [0.3, 0.4) is 0 Å². The van der Waals surface area contributed by atoms with Gasteiger partial charge in [-0.2, -0.15) is 0 Å². The van der Waals surface area contributed by atoms with Crippen molar-refractivity contribution >= 4 is 17.3 Å². The van der Waals surface area contributed by atoms with Gasteiger partial charge < -0.3 is 15.5 Å². The van der Waals surface area contributed by atoms with E-state index in [9.17, 15) is 4.79 Å². The minimum atomic E-state index is 0.0905. The molecule has 0 unspecified atom stereocenters. The normalized spacial score (nSPS) is 9.82. The molecule has 94 valence electrons. The summed E-state index contributed by atoms with van der Waals surface area (Å²) in [5, 5.41) is 5.97. The van der Waals surface area contributed by atoms with E-state index in [0.717, 1.165) is 24.3 Å². The first-order chi connectivity index (χ1) is 8.15. The summed E-state index contributed by atoms with van der Waals surface area (Å²) in [4.78, 5) is 13.1. The van der Waals surface area contributed by atoms with Crippen molar-refractivity contribution < 1.29 is 4.79 Å². The van der Waals surface area contributed by atoms with Crippen molar-refractivity contribution in [2.24, 2.45) is 0 Å². The van der Waals surface area contributed by atoms with Gasteiger partial charge >= 0.3 is 0 Å². The molecule has 4 nitrogen and oxygen atoms in total. The Bertz CT molecular complexity index is 363. The van der Waals surface area contributed by atoms with Crippen molar-refractivity contribution in [3.8, 4) is 0 Å². The first-order valence-electron chi connectivity index (χ1n) is 5.86. The molecule has 1 amide bonds. The fraction of sp³-hybridized carbons (Fsp3) is 0.462. The van der Waals surface area contributed by atoms with E-state index in [0.29, 0.717) is 6.42 Å². The molecule has 0 heterocycles. The molecule has 0 fully saturated rings. The maximum Gasteiger partial charge on any atom is 0.219 e. The Morgan fingerprint density at radius 3 is 2.65 bits per heavy atom. The van der Waals surface area contributed by atoms with E-state index in [-0.39, 0.29) is 5.91 Å². The highest BCUT2D eigenvalue weighted by Crippen LogP contribution is 2.23. The molecule has 0 saturated heterocycles. The number of nitrogens with zero attached hydrogens (tertiary/aromatic N) is 1. The standard InChI is InChI=1S/C13H21N3O/c1-14-13(17)9-6-10-15-11-7-4-5-8-12(11)16(2)3/h4-5,7-8,15H,6,9-10H2,1-3H3,(H,14,17). The number of benzene rings is 1. The number of carbonyl (C=O) groups is 1. The molecule has 0 radical (unpaired) electrons. The average molecular weight is 235 g/mol. The molecule has 2 N–H and O–H groups in total. The van der Waals surface area contributed by atoms with Crippen molar-refractivity contribution in [3.05, 3.63) is 24.3 Å². The van der Waals surface area contributed by atoms with Crippen LogP contribution in [0, 0.1) is 0 Å². The lowest BCUT2D eigenvalue weighted by molar-refractivity contribution is -0.120. The van der Waals surface area contributed by atoms with Gasteiger partial charge in [-0.15, -0.1) is 0 Å². The topological polar surface area (TPSA) is 44.4 Å². The lowest BCUT2D eigenvalue weighted by Crippen LogP contribution is -2.18. The molecule has 1 aromatic rings. The largest absolute Gasteiger partial charge is 0.383 e. The van der Waals surface area contributed by atoms with Crippen LogP contribution in [0.25, 0.3) is 0 Å². The molecule has 0 aliphatic rings. The van der Waals surface area contributed by atoms with Crippen LogP contribution in [0.5, 0.6) is 0 Å². The van der Waals surface area contributed by atoms with Gasteiger partial charge in [-0.3, -0.25) is 4.79 Å². The third kappa shape index (κ3) is 4.34. The van der Waals surface area contributed by atoms with E-state index in [4.69, 9.17) is 0 Å². The molecule has 0 aliphatic heterocycles. The van der Waals surface area contributed by atoms with E-state index in [1.165, 1.54) is 0 Å². The number of anilines is 2. The molecule has 0 atom stereocenters. The summed E-state index contributed by atoms with van der Waals surface area (Å²) in [6.45, 7) is 0.804. The number of carbonyl (C=O) groups excluding carboxylic acids is 1. The van der Waals surface area contributed by atoms with Gasteiger partial charge in [0.1, 0.15) is 0 Å². The number of amides is 1. The number of para-hydroxylation sites is 2. The van der Waals surface area contributed by atoms with E-state index in [2.05, 4.69) is 27.7 Å². The van der Waals surface area contributed by atoms with Crippen LogP contribution in [0.4, 0.5) is 11.4 Å². The lowest BCUT2D eigenvalue weighted by Gasteiger charge is -2.18. The first kappa shape index (κ1) is 13.4. The van der Waals surface area contributed by atoms with Gasteiger partial charge in [-0.05, 0) is 18.6 Å². The van der Waals surface area contributed by atoms with Gasteiger partial charge in [0.15, 0.2) is 0 Å². The third-order valence-electron chi connectivity index (χ3n) is 2.56. The summed E-state index contributed by atoms with van der Waals surface area (Å²) < 4.78 is 0. The zero-order chi connectivity index (χ0) is 12.7. The molecule has 1 aromatic carbocycles. The Morgan fingerprint density at radius 1 is 1.29 bits per heavy atom. The Morgan fingerprint density at radius 2 is 2.00 bits per heavy atom. The van der Waals surface area contributed by atoms with Gasteiger partial charge in [-0.1, -0.05) is 12.1 Å². The molecule has 0 bridgehead atoms. The van der Waals surface area contributed by atoms with Crippen molar-refractivity contribution in [1.82, 2.24) is 5.32 Å². The fourth-order valence-corrected chi connectivity index (χ4v) is 1.61. The molecular weight excluding hydrogens is 214 g/mol. The van der Waals surface area contributed by atoms with Gasteiger partial charge in [0, 0.05) is 34.1 Å². The smallest absolute Gasteiger partial charge is 0.219 e. The Balaban J connectivity index is 2.44. The molecule has 4 heteroatoms. The summed E-state index contributed by atoms with van der Waals surface area (Å²) in [5.74, 6) is 0.0905. The predicted octanol–water partition coefficient (Wildman–Crippen LogP) is 1.69. The minimum Gasteiger partial charge on any atom is -0.383 e. The Labute approximate surface area is 103 Å². The quantitative estimate of drug-likeness (QED) is 0.738. The van der Waals surface area contributed by atoms with Gasteiger partial charge in [0.2, 0.25) is 5.91 Å². The minimum absolute atomic E-state index is 0.0905. The highest BCUT2D eigenvalue weighted by Gasteiger charge is 2.03. The summed E-state index contributed by atoms with van der Waals surface area (Å²) >= 11 is 0. The van der Waals surface area contributed by atoms with Crippen molar-refractivity contribution in [2.45, 2.75) is 12.8 Å². The molecule has 0 aliphatic carbocycles. The number of nitrogens with one attached hydrogen (secondary N) is 2. The predicted molar refractivity (Wildman–Crippen MR) is 72.6 cm³/mol. The number of hydrogen-bond acceptors (Lipinski definition) is 3. The first-order valence-corrected chi connectivity index (χ1v) is 5.86. The monoisotopic (exact) mass is 235 g/mol. The maximum absolute atomic E-state index is 11.1. The van der Waals surface area contributed by atoms with E-state index < -0.39 is 0 Å². The van der Waals surface area contributed by atoms with Gasteiger partial charge in [0.05, 0.1) is 11.4 Å². The van der Waals surface area contributed by atoms with Crippen LogP contribution in [0.1, 0.15) is 12.8 Å². The summed E-state index contributed by atoms with van der Waals surface area (Å²) in [6, 6.07) is 8.15. The van der Waals surface area contributed by atoms with Crippen LogP contribution >= 0.6 is 0 Å².